The number of amides is 1. The smallest absolute Gasteiger partial charge is 0.309 e. The van der Waals surface area contributed by atoms with Crippen LogP contribution in [0, 0.1) is 5.92 Å². The minimum atomic E-state index is -3.74. The van der Waals surface area contributed by atoms with E-state index >= 15 is 0 Å². The molecule has 8 nitrogen and oxygen atoms in total. The van der Waals surface area contributed by atoms with E-state index in [1.165, 1.54) is 22.5 Å². The molecule has 2 heterocycles. The third-order valence-electron chi connectivity index (χ3n) is 5.41. The van der Waals surface area contributed by atoms with Gasteiger partial charge in [0.1, 0.15) is 10.6 Å². The van der Waals surface area contributed by atoms with Crippen LogP contribution in [0.25, 0.3) is 0 Å². The van der Waals surface area contributed by atoms with Gasteiger partial charge >= 0.3 is 5.97 Å². The number of nitrogens with zero attached hydrogens (tertiary/aromatic N) is 2. The number of hydrogen-bond acceptors (Lipinski definition) is 6. The van der Waals surface area contributed by atoms with E-state index in [0.29, 0.717) is 45.6 Å². The monoisotopic (exact) mass is 458 g/mol. The van der Waals surface area contributed by atoms with Crippen LogP contribution < -0.4 is 4.74 Å². The first-order valence-corrected chi connectivity index (χ1v) is 12.0. The lowest BCUT2D eigenvalue weighted by Gasteiger charge is -2.30. The second-order valence-electron chi connectivity index (χ2n) is 7.40. The van der Waals surface area contributed by atoms with Gasteiger partial charge in [0.2, 0.25) is 10.0 Å². The summed E-state index contributed by atoms with van der Waals surface area (Å²) >= 11 is 6.02. The molecule has 0 aliphatic carbocycles. The van der Waals surface area contributed by atoms with Crippen LogP contribution in [-0.4, -0.2) is 68.9 Å². The Kier molecular flexibility index (Phi) is 7.60. The molecule has 2 aliphatic rings. The first-order valence-electron chi connectivity index (χ1n) is 10.2. The number of benzene rings is 1. The van der Waals surface area contributed by atoms with Crippen molar-refractivity contribution in [2.24, 2.45) is 5.92 Å². The third-order valence-corrected chi connectivity index (χ3v) is 7.56. The summed E-state index contributed by atoms with van der Waals surface area (Å²) in [7, 11) is -3.74. The molecule has 2 aliphatic heterocycles. The Labute approximate surface area is 182 Å². The van der Waals surface area contributed by atoms with Crippen LogP contribution in [0.15, 0.2) is 23.1 Å². The molecular weight excluding hydrogens is 432 g/mol. The van der Waals surface area contributed by atoms with Gasteiger partial charge in [-0.05, 0) is 50.8 Å². The number of hydrogen-bond donors (Lipinski definition) is 0. The van der Waals surface area contributed by atoms with Crippen molar-refractivity contribution >= 4 is 33.5 Å². The molecular formula is C20H27ClN2O6S. The van der Waals surface area contributed by atoms with Crippen LogP contribution >= 0.6 is 11.6 Å². The van der Waals surface area contributed by atoms with Crippen molar-refractivity contribution in [2.75, 3.05) is 39.4 Å². The molecule has 0 saturated carbocycles. The van der Waals surface area contributed by atoms with E-state index in [2.05, 4.69) is 0 Å². The van der Waals surface area contributed by atoms with E-state index in [1.807, 2.05) is 0 Å². The molecule has 1 amide bonds. The summed E-state index contributed by atoms with van der Waals surface area (Å²) in [5.74, 6) is -0.556. The van der Waals surface area contributed by atoms with Crippen LogP contribution in [0.3, 0.4) is 0 Å². The highest BCUT2D eigenvalue weighted by molar-refractivity contribution is 7.89. The quantitative estimate of drug-likeness (QED) is 0.582. The maximum atomic E-state index is 13.0. The molecule has 2 saturated heterocycles. The van der Waals surface area contributed by atoms with Gasteiger partial charge < -0.3 is 14.4 Å². The maximum Gasteiger partial charge on any atom is 0.309 e. The number of piperidine rings is 1. The number of carbonyl (C=O) groups is 2. The van der Waals surface area contributed by atoms with E-state index in [1.54, 1.807) is 11.8 Å². The van der Waals surface area contributed by atoms with Crippen molar-refractivity contribution in [3.63, 3.8) is 0 Å². The second kappa shape index (κ2) is 9.98. The average Bonchev–Trinajstić information content (AvgIpc) is 3.29. The van der Waals surface area contributed by atoms with Crippen molar-refractivity contribution < 1.29 is 27.5 Å². The highest BCUT2D eigenvalue weighted by Gasteiger charge is 2.31. The summed E-state index contributed by atoms with van der Waals surface area (Å²) < 4.78 is 38.0. The summed E-state index contributed by atoms with van der Waals surface area (Å²) in [6.07, 6.45) is 2.71. The molecule has 10 heteroatoms. The molecule has 30 heavy (non-hydrogen) atoms. The number of rotatable bonds is 7. The fourth-order valence-electron chi connectivity index (χ4n) is 3.73. The van der Waals surface area contributed by atoms with Crippen molar-refractivity contribution in [1.82, 2.24) is 9.21 Å². The van der Waals surface area contributed by atoms with Gasteiger partial charge in [-0.2, -0.15) is 4.31 Å². The fourth-order valence-corrected chi connectivity index (χ4v) is 5.64. The first-order chi connectivity index (χ1) is 14.3. The lowest BCUT2D eigenvalue weighted by Crippen LogP contribution is -2.42. The summed E-state index contributed by atoms with van der Waals surface area (Å²) in [5, 5.41) is 0.285. The summed E-state index contributed by atoms with van der Waals surface area (Å²) in [6, 6.07) is 4.38. The molecule has 0 bridgehead atoms. The number of ether oxygens (including phenoxy) is 2. The van der Waals surface area contributed by atoms with Crippen LogP contribution in [-0.2, 0) is 24.3 Å². The molecule has 2 fully saturated rings. The Morgan fingerprint density at radius 1 is 1.13 bits per heavy atom. The molecule has 0 N–H and O–H groups in total. The van der Waals surface area contributed by atoms with Crippen LogP contribution in [0.4, 0.5) is 0 Å². The van der Waals surface area contributed by atoms with Gasteiger partial charge in [-0.3, -0.25) is 9.59 Å². The van der Waals surface area contributed by atoms with E-state index in [4.69, 9.17) is 21.1 Å². The minimum Gasteiger partial charge on any atom is -0.482 e. The van der Waals surface area contributed by atoms with Gasteiger partial charge in [0, 0.05) is 31.2 Å². The summed E-state index contributed by atoms with van der Waals surface area (Å²) in [5.41, 5.74) is 0. The average molecular weight is 459 g/mol. The van der Waals surface area contributed by atoms with E-state index in [0.717, 1.165) is 12.8 Å². The molecule has 0 unspecified atom stereocenters. The van der Waals surface area contributed by atoms with E-state index < -0.39 is 10.0 Å². The summed E-state index contributed by atoms with van der Waals surface area (Å²) in [6.45, 7) is 3.62. The van der Waals surface area contributed by atoms with Gasteiger partial charge in [-0.1, -0.05) is 11.6 Å². The number of likely N-dealkylation sites (tertiary alicyclic amines) is 1. The van der Waals surface area contributed by atoms with Crippen molar-refractivity contribution in [3.8, 4) is 5.75 Å². The summed E-state index contributed by atoms with van der Waals surface area (Å²) in [4.78, 5) is 26.0. The molecule has 0 atom stereocenters. The normalized spacial score (nSPS) is 18.4. The van der Waals surface area contributed by atoms with E-state index in [9.17, 15) is 18.0 Å². The predicted octanol–water partition coefficient (Wildman–Crippen LogP) is 2.31. The first kappa shape index (κ1) is 22.8. The molecule has 1 aromatic carbocycles. The second-order valence-corrected chi connectivity index (χ2v) is 9.74. The fraction of sp³-hybridized carbons (Fsp3) is 0.600. The Hall–Kier alpha value is -1.84. The van der Waals surface area contributed by atoms with Crippen LogP contribution in [0.5, 0.6) is 5.75 Å². The number of esters is 1. The maximum absolute atomic E-state index is 13.0. The van der Waals surface area contributed by atoms with Crippen molar-refractivity contribution in [3.05, 3.63) is 23.2 Å². The van der Waals surface area contributed by atoms with Crippen LogP contribution in [0.2, 0.25) is 5.02 Å². The Balaban J connectivity index is 1.62. The molecule has 0 radical (unpaired) electrons. The molecule has 1 aromatic rings. The highest BCUT2D eigenvalue weighted by atomic mass is 35.5. The number of carbonyl (C=O) groups excluding carboxylic acids is 2. The molecule has 3 rings (SSSR count). The molecule has 0 spiro atoms. The zero-order valence-electron chi connectivity index (χ0n) is 17.0. The lowest BCUT2D eigenvalue weighted by atomic mass is 9.97. The van der Waals surface area contributed by atoms with Crippen molar-refractivity contribution in [2.45, 2.75) is 37.5 Å². The zero-order chi connectivity index (χ0) is 21.7. The topological polar surface area (TPSA) is 93.2 Å². The highest BCUT2D eigenvalue weighted by Crippen LogP contribution is 2.31. The molecule has 0 aromatic heterocycles. The van der Waals surface area contributed by atoms with Gasteiger partial charge in [0.15, 0.2) is 6.61 Å². The Morgan fingerprint density at radius 3 is 2.43 bits per heavy atom. The standard InChI is InChI=1S/C20H27ClN2O6S/c1-2-28-20(25)15-7-11-22(12-8-15)19(24)14-29-17-6-5-16(21)13-18(17)30(26,27)23-9-3-4-10-23/h5-6,13,15H,2-4,7-12,14H2,1H3. The number of halogens is 1. The lowest BCUT2D eigenvalue weighted by molar-refractivity contribution is -0.151. The predicted molar refractivity (Wildman–Crippen MR) is 111 cm³/mol. The van der Waals surface area contributed by atoms with Gasteiger partial charge in [-0.15, -0.1) is 0 Å². The van der Waals surface area contributed by atoms with Gasteiger partial charge in [-0.25, -0.2) is 8.42 Å². The SMILES string of the molecule is CCOC(=O)C1CCN(C(=O)COc2ccc(Cl)cc2S(=O)(=O)N2CCCC2)CC1. The number of sulfonamides is 1. The van der Waals surface area contributed by atoms with E-state index in [-0.39, 0.29) is 40.1 Å². The Morgan fingerprint density at radius 2 is 1.80 bits per heavy atom. The zero-order valence-corrected chi connectivity index (χ0v) is 18.6. The van der Waals surface area contributed by atoms with Gasteiger partial charge in [0.25, 0.3) is 5.91 Å². The largest absolute Gasteiger partial charge is 0.482 e. The Bertz CT molecular complexity index is 877. The molecule has 166 valence electrons. The van der Waals surface area contributed by atoms with Crippen molar-refractivity contribution in [1.29, 1.82) is 0 Å². The van der Waals surface area contributed by atoms with Gasteiger partial charge in [0.05, 0.1) is 12.5 Å². The van der Waals surface area contributed by atoms with Crippen LogP contribution in [0.1, 0.15) is 32.6 Å². The third kappa shape index (κ3) is 5.25. The minimum absolute atomic E-state index is 0.0225.